The van der Waals surface area contributed by atoms with Crippen LogP contribution in [0.15, 0.2) is 24.3 Å². The number of hydrogen-bond acceptors (Lipinski definition) is 3. The Morgan fingerprint density at radius 2 is 1.85 bits per heavy atom. The van der Waals surface area contributed by atoms with E-state index >= 15 is 0 Å². The summed E-state index contributed by atoms with van der Waals surface area (Å²) >= 11 is 0. The van der Waals surface area contributed by atoms with Crippen LogP contribution in [0.5, 0.6) is 0 Å². The van der Waals surface area contributed by atoms with Crippen LogP contribution < -0.4 is 0 Å². The standard InChI is InChI=1S/C20H28FN3O2/c1-15(2)19(26)24-9-8-23(11-16-4-6-17(21)7-5-16)13-20(14-24)10-18(25)22(3)12-20/h4-7,15H,8-14H2,1-3H3. The predicted molar refractivity (Wildman–Crippen MR) is 97.8 cm³/mol. The molecule has 26 heavy (non-hydrogen) atoms. The van der Waals surface area contributed by atoms with Crippen molar-refractivity contribution in [2.24, 2.45) is 11.3 Å². The number of benzene rings is 1. The molecule has 142 valence electrons. The van der Waals surface area contributed by atoms with Crippen LogP contribution in [0.1, 0.15) is 25.8 Å². The molecule has 1 atom stereocenters. The van der Waals surface area contributed by atoms with Crippen LogP contribution in [0.2, 0.25) is 0 Å². The van der Waals surface area contributed by atoms with Crippen molar-refractivity contribution in [2.75, 3.05) is 39.8 Å². The van der Waals surface area contributed by atoms with Crippen LogP contribution in [0.4, 0.5) is 4.39 Å². The predicted octanol–water partition coefficient (Wildman–Crippen LogP) is 1.97. The zero-order valence-electron chi connectivity index (χ0n) is 15.9. The fourth-order valence-electron chi connectivity index (χ4n) is 4.20. The van der Waals surface area contributed by atoms with Gasteiger partial charge in [0.05, 0.1) is 0 Å². The van der Waals surface area contributed by atoms with Crippen LogP contribution in [0.3, 0.4) is 0 Å². The smallest absolute Gasteiger partial charge is 0.225 e. The number of rotatable bonds is 3. The molecule has 0 radical (unpaired) electrons. The molecule has 2 fully saturated rings. The summed E-state index contributed by atoms with van der Waals surface area (Å²) in [5, 5.41) is 0. The van der Waals surface area contributed by atoms with Gasteiger partial charge in [-0.1, -0.05) is 26.0 Å². The van der Waals surface area contributed by atoms with E-state index < -0.39 is 0 Å². The maximum absolute atomic E-state index is 13.2. The Balaban J connectivity index is 1.81. The van der Waals surface area contributed by atoms with Crippen LogP contribution in [0.25, 0.3) is 0 Å². The molecule has 2 aliphatic rings. The Kier molecular flexibility index (Phi) is 5.32. The SMILES string of the molecule is CC(C)C(=O)N1CCN(Cc2ccc(F)cc2)CC2(CC(=O)N(C)C2)C1. The summed E-state index contributed by atoms with van der Waals surface area (Å²) < 4.78 is 13.2. The number of nitrogens with zero attached hydrogens (tertiary/aromatic N) is 3. The summed E-state index contributed by atoms with van der Waals surface area (Å²) in [6, 6.07) is 6.56. The fourth-order valence-corrected chi connectivity index (χ4v) is 4.20. The van der Waals surface area contributed by atoms with Gasteiger partial charge in [0.2, 0.25) is 11.8 Å². The van der Waals surface area contributed by atoms with Crippen molar-refractivity contribution in [1.29, 1.82) is 0 Å². The summed E-state index contributed by atoms with van der Waals surface area (Å²) in [6.07, 6.45) is 0.477. The highest BCUT2D eigenvalue weighted by molar-refractivity contribution is 5.80. The summed E-state index contributed by atoms with van der Waals surface area (Å²) in [4.78, 5) is 30.9. The molecule has 2 saturated heterocycles. The minimum Gasteiger partial charge on any atom is -0.345 e. The first-order valence-corrected chi connectivity index (χ1v) is 9.28. The Bertz CT molecular complexity index is 676. The largest absolute Gasteiger partial charge is 0.345 e. The average molecular weight is 361 g/mol. The highest BCUT2D eigenvalue weighted by Gasteiger charge is 2.46. The van der Waals surface area contributed by atoms with Crippen LogP contribution in [-0.2, 0) is 16.1 Å². The van der Waals surface area contributed by atoms with Gasteiger partial charge >= 0.3 is 0 Å². The Morgan fingerprint density at radius 3 is 2.42 bits per heavy atom. The van der Waals surface area contributed by atoms with Gasteiger partial charge in [-0.3, -0.25) is 14.5 Å². The lowest BCUT2D eigenvalue weighted by molar-refractivity contribution is -0.135. The van der Waals surface area contributed by atoms with Crippen LogP contribution in [-0.4, -0.2) is 66.3 Å². The van der Waals surface area contributed by atoms with E-state index in [1.54, 1.807) is 17.0 Å². The number of amides is 2. The van der Waals surface area contributed by atoms with Crippen molar-refractivity contribution in [3.8, 4) is 0 Å². The third-order valence-corrected chi connectivity index (χ3v) is 5.42. The summed E-state index contributed by atoms with van der Waals surface area (Å²) in [7, 11) is 1.83. The summed E-state index contributed by atoms with van der Waals surface area (Å²) in [6.45, 7) is 8.02. The lowest BCUT2D eigenvalue weighted by Crippen LogP contribution is -2.45. The van der Waals surface area contributed by atoms with E-state index in [0.717, 1.165) is 18.7 Å². The monoisotopic (exact) mass is 361 g/mol. The van der Waals surface area contributed by atoms with Crippen molar-refractivity contribution in [3.05, 3.63) is 35.6 Å². The second kappa shape index (κ2) is 7.35. The van der Waals surface area contributed by atoms with E-state index in [4.69, 9.17) is 0 Å². The third kappa shape index (κ3) is 4.06. The first-order valence-electron chi connectivity index (χ1n) is 9.28. The molecule has 0 saturated carbocycles. The van der Waals surface area contributed by atoms with Gasteiger partial charge in [-0.15, -0.1) is 0 Å². The molecule has 0 bridgehead atoms. The molecule has 1 unspecified atom stereocenters. The molecule has 6 heteroatoms. The van der Waals surface area contributed by atoms with Gasteiger partial charge in [-0.2, -0.15) is 0 Å². The summed E-state index contributed by atoms with van der Waals surface area (Å²) in [5.74, 6) is 0.00364. The van der Waals surface area contributed by atoms with Gasteiger partial charge in [-0.05, 0) is 17.7 Å². The Morgan fingerprint density at radius 1 is 1.15 bits per heavy atom. The Labute approximate surface area is 154 Å². The number of halogens is 1. The average Bonchev–Trinajstić information content (AvgIpc) is 2.75. The molecule has 2 heterocycles. The molecule has 2 aliphatic heterocycles. The molecule has 0 N–H and O–H groups in total. The zero-order valence-corrected chi connectivity index (χ0v) is 15.9. The van der Waals surface area contributed by atoms with E-state index in [-0.39, 0.29) is 29.0 Å². The quantitative estimate of drug-likeness (QED) is 0.827. The molecule has 0 aromatic heterocycles. The molecule has 2 amide bonds. The molecule has 0 aliphatic carbocycles. The van der Waals surface area contributed by atoms with Crippen molar-refractivity contribution < 1.29 is 14.0 Å². The van der Waals surface area contributed by atoms with Crippen molar-refractivity contribution in [1.82, 2.24) is 14.7 Å². The van der Waals surface area contributed by atoms with E-state index in [1.807, 2.05) is 25.8 Å². The van der Waals surface area contributed by atoms with Crippen molar-refractivity contribution >= 4 is 11.8 Å². The minimum atomic E-state index is -0.238. The molecule has 1 spiro atoms. The second-order valence-corrected chi connectivity index (χ2v) is 8.18. The topological polar surface area (TPSA) is 43.9 Å². The lowest BCUT2D eigenvalue weighted by Gasteiger charge is -2.34. The van der Waals surface area contributed by atoms with Gasteiger partial charge in [0.1, 0.15) is 5.82 Å². The third-order valence-electron chi connectivity index (χ3n) is 5.42. The summed E-state index contributed by atoms with van der Waals surface area (Å²) in [5.41, 5.74) is 0.815. The number of carbonyl (C=O) groups excluding carboxylic acids is 2. The number of carbonyl (C=O) groups is 2. The van der Waals surface area contributed by atoms with E-state index in [9.17, 15) is 14.0 Å². The number of hydrogen-bond donors (Lipinski definition) is 0. The molecular weight excluding hydrogens is 333 g/mol. The van der Waals surface area contributed by atoms with E-state index in [1.165, 1.54) is 12.1 Å². The zero-order chi connectivity index (χ0) is 18.9. The first-order chi connectivity index (χ1) is 12.3. The Hall–Kier alpha value is -1.95. The molecule has 1 aromatic rings. The van der Waals surface area contributed by atoms with Gasteiger partial charge < -0.3 is 9.80 Å². The van der Waals surface area contributed by atoms with Gasteiger partial charge in [0.25, 0.3) is 0 Å². The molecular formula is C20H28FN3O2. The van der Waals surface area contributed by atoms with E-state index in [2.05, 4.69) is 4.90 Å². The van der Waals surface area contributed by atoms with E-state index in [0.29, 0.717) is 32.6 Å². The van der Waals surface area contributed by atoms with Gasteiger partial charge in [0, 0.05) is 64.1 Å². The highest BCUT2D eigenvalue weighted by Crippen LogP contribution is 2.35. The molecule has 5 nitrogen and oxygen atoms in total. The van der Waals surface area contributed by atoms with Gasteiger partial charge in [-0.25, -0.2) is 4.39 Å². The van der Waals surface area contributed by atoms with Crippen molar-refractivity contribution in [2.45, 2.75) is 26.8 Å². The normalized spacial score (nSPS) is 24.6. The maximum atomic E-state index is 13.2. The maximum Gasteiger partial charge on any atom is 0.225 e. The minimum absolute atomic E-state index is 0.0504. The van der Waals surface area contributed by atoms with Crippen molar-refractivity contribution in [3.63, 3.8) is 0 Å². The lowest BCUT2D eigenvalue weighted by atomic mass is 9.85. The molecule has 3 rings (SSSR count). The van der Waals surface area contributed by atoms with Crippen LogP contribution in [0, 0.1) is 17.2 Å². The second-order valence-electron chi connectivity index (χ2n) is 8.18. The fraction of sp³-hybridized carbons (Fsp3) is 0.600. The van der Waals surface area contributed by atoms with Crippen LogP contribution >= 0.6 is 0 Å². The number of likely N-dealkylation sites (tertiary alicyclic amines) is 1. The van der Waals surface area contributed by atoms with Gasteiger partial charge in [0.15, 0.2) is 0 Å². The first kappa shape index (κ1) is 18.8. The molecule has 1 aromatic carbocycles. The highest BCUT2D eigenvalue weighted by atomic mass is 19.1.